The van der Waals surface area contributed by atoms with Crippen molar-refractivity contribution >= 4 is 33.9 Å². The van der Waals surface area contributed by atoms with Crippen molar-refractivity contribution in [2.45, 2.75) is 26.7 Å². The summed E-state index contributed by atoms with van der Waals surface area (Å²) in [4.78, 5) is 45.1. The molecule has 0 radical (unpaired) electrons. The molecule has 0 aromatic carbocycles. The molecule has 1 atom stereocenters. The Morgan fingerprint density at radius 1 is 1.35 bits per heavy atom. The van der Waals surface area contributed by atoms with Gasteiger partial charge in [0.25, 0.3) is 0 Å². The summed E-state index contributed by atoms with van der Waals surface area (Å²) in [6, 6.07) is 1.74. The number of rotatable bonds is 3. The number of thiazole rings is 1. The van der Waals surface area contributed by atoms with Crippen LogP contribution >= 0.6 is 11.3 Å². The molecule has 1 N–H and O–H groups in total. The van der Waals surface area contributed by atoms with Gasteiger partial charge < -0.3 is 5.32 Å². The lowest BCUT2D eigenvalue weighted by Crippen LogP contribution is -2.29. The molecule has 118 valence electrons. The van der Waals surface area contributed by atoms with E-state index in [4.69, 9.17) is 0 Å². The molecule has 1 aliphatic carbocycles. The molecule has 0 saturated carbocycles. The van der Waals surface area contributed by atoms with Gasteiger partial charge in [0.1, 0.15) is 0 Å². The summed E-state index contributed by atoms with van der Waals surface area (Å²) in [5.41, 5.74) is 2.00. The van der Waals surface area contributed by atoms with E-state index in [1.54, 1.807) is 12.3 Å². The summed E-state index contributed by atoms with van der Waals surface area (Å²) in [6.45, 7) is 3.24. The third-order valence-corrected chi connectivity index (χ3v) is 4.69. The summed E-state index contributed by atoms with van der Waals surface area (Å²) in [6.07, 6.45) is 4.14. The van der Waals surface area contributed by atoms with Gasteiger partial charge in [0.15, 0.2) is 16.7 Å². The Kier molecular flexibility index (Phi) is 4.04. The van der Waals surface area contributed by atoms with E-state index < -0.39 is 5.92 Å². The zero-order valence-electron chi connectivity index (χ0n) is 12.8. The number of hydrogen-bond donors (Lipinski definition) is 1. The SMILES string of the molecule is CC(=O)Nc1nc2c(s1)C(=O)C(C(=O)c1cncc(C)c1)CC2. The highest BCUT2D eigenvalue weighted by molar-refractivity contribution is 7.17. The molecule has 0 fully saturated rings. The summed E-state index contributed by atoms with van der Waals surface area (Å²) in [5, 5.41) is 2.99. The standard InChI is InChI=1S/C16H15N3O3S/c1-8-5-10(7-17-6-8)13(21)11-3-4-12-15(14(11)22)23-16(19-12)18-9(2)20/h5-7,11H,3-4H2,1-2H3,(H,18,19,20). The minimum atomic E-state index is -0.697. The molecular weight excluding hydrogens is 314 g/mol. The Bertz CT molecular complexity index is 813. The number of amides is 1. The van der Waals surface area contributed by atoms with Gasteiger partial charge in [-0.05, 0) is 31.4 Å². The van der Waals surface area contributed by atoms with Gasteiger partial charge in [-0.1, -0.05) is 11.3 Å². The number of hydrogen-bond acceptors (Lipinski definition) is 6. The molecule has 0 spiro atoms. The minimum Gasteiger partial charge on any atom is -0.302 e. The number of nitrogens with one attached hydrogen (secondary N) is 1. The number of ketones is 2. The van der Waals surface area contributed by atoms with E-state index in [1.807, 2.05) is 6.92 Å². The van der Waals surface area contributed by atoms with Crippen LogP contribution in [0.5, 0.6) is 0 Å². The molecule has 1 amide bonds. The smallest absolute Gasteiger partial charge is 0.223 e. The van der Waals surface area contributed by atoms with Crippen molar-refractivity contribution in [2.24, 2.45) is 5.92 Å². The number of aromatic nitrogens is 2. The van der Waals surface area contributed by atoms with Gasteiger partial charge in [-0.2, -0.15) is 0 Å². The molecule has 1 unspecified atom stereocenters. The third kappa shape index (κ3) is 3.05. The van der Waals surface area contributed by atoms with Crippen LogP contribution < -0.4 is 5.32 Å². The quantitative estimate of drug-likeness (QED) is 0.690. The predicted octanol–water partition coefficient (Wildman–Crippen LogP) is 2.43. The first kappa shape index (κ1) is 15.5. The van der Waals surface area contributed by atoms with E-state index >= 15 is 0 Å². The number of Topliss-reactive ketones (excluding diaryl/α,β-unsaturated/α-hetero) is 2. The van der Waals surface area contributed by atoms with Crippen LogP contribution in [0.15, 0.2) is 18.5 Å². The molecule has 0 saturated heterocycles. The summed E-state index contributed by atoms with van der Waals surface area (Å²) < 4.78 is 0. The molecule has 23 heavy (non-hydrogen) atoms. The second kappa shape index (κ2) is 6.00. The zero-order chi connectivity index (χ0) is 16.6. The molecular formula is C16H15N3O3S. The number of carbonyl (C=O) groups excluding carboxylic acids is 3. The number of carbonyl (C=O) groups is 3. The summed E-state index contributed by atoms with van der Waals surface area (Å²) in [7, 11) is 0. The molecule has 1 aliphatic rings. The van der Waals surface area contributed by atoms with Gasteiger partial charge in [-0.25, -0.2) is 4.98 Å². The fraction of sp³-hybridized carbons (Fsp3) is 0.312. The lowest BCUT2D eigenvalue weighted by atomic mass is 9.84. The van der Waals surface area contributed by atoms with Gasteiger partial charge in [0, 0.05) is 24.9 Å². The Balaban J connectivity index is 1.87. The molecule has 2 heterocycles. The molecule has 0 bridgehead atoms. The zero-order valence-corrected chi connectivity index (χ0v) is 13.6. The van der Waals surface area contributed by atoms with Gasteiger partial charge in [-0.15, -0.1) is 0 Å². The van der Waals surface area contributed by atoms with E-state index in [2.05, 4.69) is 15.3 Å². The Morgan fingerprint density at radius 2 is 2.13 bits per heavy atom. The van der Waals surface area contributed by atoms with Crippen LogP contribution in [-0.4, -0.2) is 27.4 Å². The number of nitrogens with zero attached hydrogens (tertiary/aromatic N) is 2. The van der Waals surface area contributed by atoms with Crippen LogP contribution in [0.4, 0.5) is 5.13 Å². The number of pyridine rings is 1. The molecule has 0 aliphatic heterocycles. The molecule has 2 aromatic heterocycles. The maximum Gasteiger partial charge on any atom is 0.223 e. The third-order valence-electron chi connectivity index (χ3n) is 3.67. The van der Waals surface area contributed by atoms with Crippen molar-refractivity contribution in [3.63, 3.8) is 0 Å². The highest BCUT2D eigenvalue weighted by atomic mass is 32.1. The van der Waals surface area contributed by atoms with Crippen LogP contribution in [-0.2, 0) is 11.2 Å². The average molecular weight is 329 g/mol. The first-order valence-corrected chi connectivity index (χ1v) is 8.04. The van der Waals surface area contributed by atoms with Crippen molar-refractivity contribution in [1.82, 2.24) is 9.97 Å². The number of anilines is 1. The molecule has 6 nitrogen and oxygen atoms in total. The van der Waals surface area contributed by atoms with Crippen LogP contribution in [0.3, 0.4) is 0 Å². The van der Waals surface area contributed by atoms with Crippen LogP contribution in [0.2, 0.25) is 0 Å². The fourth-order valence-corrected chi connectivity index (χ4v) is 3.68. The topological polar surface area (TPSA) is 89.0 Å². The van der Waals surface area contributed by atoms with Crippen LogP contribution in [0.25, 0.3) is 0 Å². The molecule has 2 aromatic rings. The minimum absolute atomic E-state index is 0.202. The van der Waals surface area contributed by atoms with Crippen molar-refractivity contribution in [2.75, 3.05) is 5.32 Å². The van der Waals surface area contributed by atoms with E-state index in [-0.39, 0.29) is 17.5 Å². The second-order valence-corrected chi connectivity index (χ2v) is 6.55. The first-order valence-electron chi connectivity index (χ1n) is 7.23. The highest BCUT2D eigenvalue weighted by Crippen LogP contribution is 2.33. The van der Waals surface area contributed by atoms with E-state index in [0.717, 1.165) is 16.9 Å². The van der Waals surface area contributed by atoms with Crippen LogP contribution in [0.1, 0.15) is 44.6 Å². The Labute approximate surface area is 137 Å². The van der Waals surface area contributed by atoms with Crippen molar-refractivity contribution in [3.8, 4) is 0 Å². The highest BCUT2D eigenvalue weighted by Gasteiger charge is 2.36. The van der Waals surface area contributed by atoms with Gasteiger partial charge in [0.05, 0.1) is 16.5 Å². The first-order chi connectivity index (χ1) is 11.0. The lowest BCUT2D eigenvalue weighted by molar-refractivity contribution is -0.114. The van der Waals surface area contributed by atoms with Gasteiger partial charge >= 0.3 is 0 Å². The van der Waals surface area contributed by atoms with Crippen LogP contribution in [0, 0.1) is 12.8 Å². The maximum absolute atomic E-state index is 12.6. The van der Waals surface area contributed by atoms with Gasteiger partial charge in [-0.3, -0.25) is 19.4 Å². The second-order valence-electron chi connectivity index (χ2n) is 5.55. The fourth-order valence-electron chi connectivity index (χ4n) is 2.63. The molecule has 7 heteroatoms. The van der Waals surface area contributed by atoms with E-state index in [0.29, 0.717) is 34.1 Å². The summed E-state index contributed by atoms with van der Waals surface area (Å²) in [5.74, 6) is -1.35. The van der Waals surface area contributed by atoms with Gasteiger partial charge in [0.2, 0.25) is 5.91 Å². The lowest BCUT2D eigenvalue weighted by Gasteiger charge is -2.18. The van der Waals surface area contributed by atoms with Crippen molar-refractivity contribution in [1.29, 1.82) is 0 Å². The van der Waals surface area contributed by atoms with E-state index in [1.165, 1.54) is 13.1 Å². The van der Waals surface area contributed by atoms with Crippen molar-refractivity contribution in [3.05, 3.63) is 40.2 Å². The van der Waals surface area contributed by atoms with E-state index in [9.17, 15) is 14.4 Å². The number of fused-ring (bicyclic) bond motifs is 1. The monoisotopic (exact) mass is 329 g/mol. The summed E-state index contributed by atoms with van der Waals surface area (Å²) >= 11 is 1.13. The molecule has 3 rings (SSSR count). The Hall–Kier alpha value is -2.41. The number of aryl methyl sites for hydroxylation is 2. The predicted molar refractivity (Wildman–Crippen MR) is 85.9 cm³/mol. The largest absolute Gasteiger partial charge is 0.302 e. The van der Waals surface area contributed by atoms with Crippen molar-refractivity contribution < 1.29 is 14.4 Å². The maximum atomic E-state index is 12.6. The Morgan fingerprint density at radius 3 is 2.83 bits per heavy atom. The average Bonchev–Trinajstić information content (AvgIpc) is 2.89. The normalized spacial score (nSPS) is 16.8.